The van der Waals surface area contributed by atoms with Crippen LogP contribution in [0.1, 0.15) is 23.2 Å². The number of nitrogens with one attached hydrogen (secondary N) is 1. The van der Waals surface area contributed by atoms with Crippen molar-refractivity contribution in [2.75, 3.05) is 12.8 Å². The van der Waals surface area contributed by atoms with E-state index in [2.05, 4.69) is 21.2 Å². The average molecular weight is 348 g/mol. The largest absolute Gasteiger partial charge is 0.478 e. The van der Waals surface area contributed by atoms with Crippen LogP contribution in [-0.4, -0.2) is 34.0 Å². The van der Waals surface area contributed by atoms with Gasteiger partial charge in [0.25, 0.3) is 0 Å². The number of aromatic carboxylic acids is 1. The number of amides is 1. The zero-order chi connectivity index (χ0) is 14.4. The molecular formula is C12H14BrNO4S. The van der Waals surface area contributed by atoms with Crippen molar-refractivity contribution in [1.29, 1.82) is 0 Å². The van der Waals surface area contributed by atoms with Gasteiger partial charge in [-0.1, -0.05) is 15.9 Å². The van der Waals surface area contributed by atoms with E-state index in [0.717, 1.165) is 0 Å². The van der Waals surface area contributed by atoms with Gasteiger partial charge in [-0.3, -0.25) is 9.00 Å². The molecule has 1 amide bonds. The van der Waals surface area contributed by atoms with Crippen LogP contribution in [0.4, 0.5) is 0 Å². The van der Waals surface area contributed by atoms with Gasteiger partial charge in [0, 0.05) is 23.7 Å². The smallest absolute Gasteiger partial charge is 0.336 e. The Labute approximate surface area is 122 Å². The third-order valence-electron chi connectivity index (χ3n) is 2.43. The minimum absolute atomic E-state index is 0.0291. The van der Waals surface area contributed by atoms with Crippen LogP contribution in [0.2, 0.25) is 0 Å². The fourth-order valence-corrected chi connectivity index (χ4v) is 3.26. The number of rotatable bonds is 6. The molecular weight excluding hydrogens is 334 g/mol. The molecule has 1 rings (SSSR count). The van der Waals surface area contributed by atoms with Gasteiger partial charge in [-0.15, -0.1) is 0 Å². The molecule has 19 heavy (non-hydrogen) atoms. The third-order valence-corrected chi connectivity index (χ3v) is 4.41. The summed E-state index contributed by atoms with van der Waals surface area (Å²) in [5, 5.41) is 11.5. The Morgan fingerprint density at radius 1 is 1.42 bits per heavy atom. The Hall–Kier alpha value is -1.21. The van der Waals surface area contributed by atoms with Crippen molar-refractivity contribution in [3.63, 3.8) is 0 Å². The van der Waals surface area contributed by atoms with E-state index < -0.39 is 16.8 Å². The maximum atomic E-state index is 12.1. The van der Waals surface area contributed by atoms with E-state index in [1.807, 2.05) is 0 Å². The quantitative estimate of drug-likeness (QED) is 0.821. The summed E-state index contributed by atoms with van der Waals surface area (Å²) in [4.78, 5) is 22.4. The zero-order valence-electron chi connectivity index (χ0n) is 10.3. The average Bonchev–Trinajstić information content (AvgIpc) is 2.37. The standard InChI is InChI=1S/C12H14BrNO4S/c1-14-11(15)3-2-6-19(18)10-7-8(13)4-5-9(10)12(16)17/h4-5,7H,2-3,6H2,1H3,(H,14,15)(H,16,17). The van der Waals surface area contributed by atoms with E-state index in [4.69, 9.17) is 5.11 Å². The lowest BCUT2D eigenvalue weighted by atomic mass is 10.2. The summed E-state index contributed by atoms with van der Waals surface area (Å²) in [5.41, 5.74) is 0.0291. The van der Waals surface area contributed by atoms with Gasteiger partial charge >= 0.3 is 5.97 Å². The highest BCUT2D eigenvalue weighted by Gasteiger charge is 2.15. The first-order chi connectivity index (χ1) is 8.95. The van der Waals surface area contributed by atoms with Gasteiger partial charge in [0.1, 0.15) is 0 Å². The maximum absolute atomic E-state index is 12.1. The Morgan fingerprint density at radius 2 is 2.11 bits per heavy atom. The van der Waals surface area contributed by atoms with Crippen LogP contribution in [0.5, 0.6) is 0 Å². The maximum Gasteiger partial charge on any atom is 0.336 e. The van der Waals surface area contributed by atoms with E-state index in [-0.39, 0.29) is 28.5 Å². The van der Waals surface area contributed by atoms with Crippen molar-refractivity contribution >= 4 is 38.6 Å². The second kappa shape index (κ2) is 7.40. The van der Waals surface area contributed by atoms with Gasteiger partial charge in [-0.25, -0.2) is 4.79 Å². The normalized spacial score (nSPS) is 11.9. The molecule has 0 fully saturated rings. The summed E-state index contributed by atoms with van der Waals surface area (Å²) >= 11 is 3.22. The lowest BCUT2D eigenvalue weighted by molar-refractivity contribution is -0.120. The predicted octanol–water partition coefficient (Wildman–Crippen LogP) is 1.78. The number of carbonyl (C=O) groups excluding carboxylic acids is 1. The molecule has 0 spiro atoms. The molecule has 0 saturated carbocycles. The van der Waals surface area contributed by atoms with Gasteiger partial charge < -0.3 is 10.4 Å². The summed E-state index contributed by atoms with van der Waals surface area (Å²) in [6.45, 7) is 0. The van der Waals surface area contributed by atoms with Crippen molar-refractivity contribution in [1.82, 2.24) is 5.32 Å². The number of carbonyl (C=O) groups is 2. The highest BCUT2D eigenvalue weighted by Crippen LogP contribution is 2.21. The Kier molecular flexibility index (Phi) is 6.17. The van der Waals surface area contributed by atoms with Gasteiger partial charge in [0.15, 0.2) is 0 Å². The molecule has 104 valence electrons. The molecule has 1 aromatic rings. The summed E-state index contributed by atoms with van der Waals surface area (Å²) in [7, 11) is 0.103. The number of hydrogen-bond donors (Lipinski definition) is 2. The molecule has 0 bridgehead atoms. The summed E-state index contributed by atoms with van der Waals surface area (Å²) in [6, 6.07) is 4.55. The lowest BCUT2D eigenvalue weighted by Gasteiger charge is -2.06. The van der Waals surface area contributed by atoms with E-state index in [0.29, 0.717) is 10.9 Å². The molecule has 0 aliphatic heterocycles. The topological polar surface area (TPSA) is 83.5 Å². The van der Waals surface area contributed by atoms with Crippen LogP contribution in [0.3, 0.4) is 0 Å². The second-order valence-corrected chi connectivity index (χ2v) is 6.23. The van der Waals surface area contributed by atoms with E-state index in [1.54, 1.807) is 12.1 Å². The Bertz CT molecular complexity index is 518. The molecule has 7 heteroatoms. The first kappa shape index (κ1) is 15.8. The molecule has 0 aliphatic rings. The lowest BCUT2D eigenvalue weighted by Crippen LogP contribution is -2.18. The van der Waals surface area contributed by atoms with Gasteiger partial charge in [0.05, 0.1) is 21.3 Å². The monoisotopic (exact) mass is 347 g/mol. The van der Waals surface area contributed by atoms with Crippen LogP contribution in [0.25, 0.3) is 0 Å². The minimum atomic E-state index is -1.44. The predicted molar refractivity (Wildman–Crippen MR) is 75.7 cm³/mol. The fraction of sp³-hybridized carbons (Fsp3) is 0.333. The van der Waals surface area contributed by atoms with Crippen LogP contribution in [0, 0.1) is 0 Å². The Balaban J connectivity index is 2.78. The molecule has 1 aromatic carbocycles. The highest BCUT2D eigenvalue weighted by molar-refractivity contribution is 9.10. The molecule has 0 radical (unpaired) electrons. The SMILES string of the molecule is CNC(=O)CCCS(=O)c1cc(Br)ccc1C(=O)O. The number of benzene rings is 1. The molecule has 0 heterocycles. The minimum Gasteiger partial charge on any atom is -0.478 e. The van der Waals surface area contributed by atoms with Crippen molar-refractivity contribution in [2.24, 2.45) is 0 Å². The number of carboxylic acids is 1. The van der Waals surface area contributed by atoms with Crippen LogP contribution < -0.4 is 5.32 Å². The van der Waals surface area contributed by atoms with Crippen LogP contribution in [0.15, 0.2) is 27.6 Å². The summed E-state index contributed by atoms with van der Waals surface area (Å²) in [5.74, 6) is -0.976. The molecule has 5 nitrogen and oxygen atoms in total. The van der Waals surface area contributed by atoms with Crippen molar-refractivity contribution in [2.45, 2.75) is 17.7 Å². The van der Waals surface area contributed by atoms with Crippen molar-refractivity contribution < 1.29 is 18.9 Å². The Morgan fingerprint density at radius 3 is 2.68 bits per heavy atom. The van der Waals surface area contributed by atoms with Crippen LogP contribution in [-0.2, 0) is 15.6 Å². The molecule has 0 aliphatic carbocycles. The van der Waals surface area contributed by atoms with Crippen molar-refractivity contribution in [3.05, 3.63) is 28.2 Å². The summed E-state index contributed by atoms with van der Waals surface area (Å²) in [6.07, 6.45) is 0.719. The second-order valence-electron chi connectivity index (χ2n) is 3.77. The van der Waals surface area contributed by atoms with Gasteiger partial charge in [0.2, 0.25) is 5.91 Å². The molecule has 2 N–H and O–H groups in total. The van der Waals surface area contributed by atoms with Gasteiger partial charge in [-0.05, 0) is 24.6 Å². The molecule has 0 aromatic heterocycles. The first-order valence-electron chi connectivity index (χ1n) is 5.57. The van der Waals surface area contributed by atoms with Crippen LogP contribution >= 0.6 is 15.9 Å². The molecule has 1 atom stereocenters. The van der Waals surface area contributed by atoms with E-state index in [1.165, 1.54) is 13.1 Å². The zero-order valence-corrected chi connectivity index (χ0v) is 12.7. The fourth-order valence-electron chi connectivity index (χ4n) is 1.46. The molecule has 1 unspecified atom stereocenters. The molecule has 0 saturated heterocycles. The number of carboxylic acid groups (broad SMARTS) is 1. The summed E-state index contributed by atoms with van der Waals surface area (Å²) < 4.78 is 12.8. The van der Waals surface area contributed by atoms with E-state index >= 15 is 0 Å². The first-order valence-corrected chi connectivity index (χ1v) is 7.68. The van der Waals surface area contributed by atoms with E-state index in [9.17, 15) is 13.8 Å². The third kappa shape index (κ3) is 4.76. The highest BCUT2D eigenvalue weighted by atomic mass is 79.9. The number of hydrogen-bond acceptors (Lipinski definition) is 3. The van der Waals surface area contributed by atoms with Crippen molar-refractivity contribution in [3.8, 4) is 0 Å². The number of halogens is 1. The van der Waals surface area contributed by atoms with Gasteiger partial charge in [-0.2, -0.15) is 0 Å².